The summed E-state index contributed by atoms with van der Waals surface area (Å²) in [6.45, 7) is 1.77. The van der Waals surface area contributed by atoms with Gasteiger partial charge in [-0.1, -0.05) is 28.4 Å². The van der Waals surface area contributed by atoms with Crippen LogP contribution in [0.1, 0.15) is 27.4 Å². The second kappa shape index (κ2) is 5.56. The van der Waals surface area contributed by atoms with Crippen LogP contribution in [0.5, 0.6) is 5.75 Å². The zero-order chi connectivity index (χ0) is 14.9. The highest BCUT2D eigenvalue weighted by molar-refractivity contribution is 6.39. The first-order valence-electron chi connectivity index (χ1n) is 5.45. The smallest absolute Gasteiger partial charge is 0.337 e. The maximum Gasteiger partial charge on any atom is 0.337 e. The van der Waals surface area contributed by atoms with Crippen LogP contribution < -0.4 is 0 Å². The number of carboxylic acids is 1. The number of halogens is 2. The van der Waals surface area contributed by atoms with Crippen molar-refractivity contribution < 1.29 is 19.5 Å². The second-order valence-electron chi connectivity index (χ2n) is 4.00. The van der Waals surface area contributed by atoms with Gasteiger partial charge in [-0.3, -0.25) is 0 Å². The van der Waals surface area contributed by atoms with Gasteiger partial charge >= 0.3 is 5.97 Å². The monoisotopic (exact) mass is 313 g/mol. The van der Waals surface area contributed by atoms with E-state index in [1.54, 1.807) is 19.1 Å². The fourth-order valence-electron chi connectivity index (χ4n) is 1.55. The molecule has 20 heavy (non-hydrogen) atoms. The molecule has 5 nitrogen and oxygen atoms in total. The number of phenolic OH excluding ortho intramolecular Hbond substituents is 1. The third-order valence-corrected chi connectivity index (χ3v) is 3.29. The predicted octanol–water partition coefficient (Wildman–Crippen LogP) is 3.86. The molecule has 2 rings (SSSR count). The molecule has 104 valence electrons. The minimum absolute atomic E-state index is 0.0347. The first kappa shape index (κ1) is 14.4. The lowest BCUT2D eigenvalue weighted by Gasteiger charge is -2.07. The number of hydrogen-bond acceptors (Lipinski definition) is 4. The molecule has 0 saturated carbocycles. The van der Waals surface area contributed by atoms with E-state index < -0.39 is 11.7 Å². The molecule has 0 spiro atoms. The van der Waals surface area contributed by atoms with E-state index >= 15 is 0 Å². The molecule has 0 unspecified atom stereocenters. The highest BCUT2D eigenvalue weighted by Gasteiger charge is 2.18. The number of aromatic hydroxyl groups is 1. The molecule has 1 aromatic heterocycles. The van der Waals surface area contributed by atoms with Gasteiger partial charge in [0, 0.05) is 6.07 Å². The summed E-state index contributed by atoms with van der Waals surface area (Å²) >= 11 is 11.6. The van der Waals surface area contributed by atoms with E-state index in [4.69, 9.17) is 32.8 Å². The summed E-state index contributed by atoms with van der Waals surface area (Å²) < 4.78 is 4.97. The third kappa shape index (κ3) is 2.79. The van der Waals surface area contributed by atoms with E-state index in [2.05, 4.69) is 5.16 Å². The Balaban J connectivity index is 2.46. The normalized spacial score (nSPS) is 11.2. The van der Waals surface area contributed by atoms with Gasteiger partial charge in [-0.2, -0.15) is 0 Å². The van der Waals surface area contributed by atoms with Crippen molar-refractivity contribution >= 4 is 41.3 Å². The molecule has 2 aromatic rings. The Morgan fingerprint density at radius 2 is 2.00 bits per heavy atom. The lowest BCUT2D eigenvalue weighted by Crippen LogP contribution is -1.98. The largest absolute Gasteiger partial charge is 0.505 e. The maximum atomic E-state index is 11.0. The molecule has 2 N–H and O–H groups in total. The molecule has 0 aliphatic carbocycles. The van der Waals surface area contributed by atoms with Crippen molar-refractivity contribution in [2.24, 2.45) is 0 Å². The lowest BCUT2D eigenvalue weighted by molar-refractivity contribution is 0.0696. The minimum Gasteiger partial charge on any atom is -0.505 e. The van der Waals surface area contributed by atoms with Crippen molar-refractivity contribution in [2.45, 2.75) is 6.92 Å². The van der Waals surface area contributed by atoms with Crippen LogP contribution >= 0.6 is 23.2 Å². The summed E-state index contributed by atoms with van der Waals surface area (Å²) in [5.74, 6) is -1.25. The standard InChI is InChI=1S/C13H9Cl2NO4/c1-6-4-8(20-16-6)3-2-7-5-9(13(18)19)11(15)12(17)10(7)14/h2-5,17H,1H3,(H,18,19)/b3-2+. The van der Waals surface area contributed by atoms with Crippen LogP contribution in [0.15, 0.2) is 16.7 Å². The summed E-state index contributed by atoms with van der Waals surface area (Å²) in [6, 6.07) is 2.96. The van der Waals surface area contributed by atoms with Crippen molar-refractivity contribution in [1.29, 1.82) is 0 Å². The van der Waals surface area contributed by atoms with E-state index in [1.165, 1.54) is 12.1 Å². The van der Waals surface area contributed by atoms with Gasteiger partial charge in [-0.15, -0.1) is 0 Å². The van der Waals surface area contributed by atoms with E-state index in [1.807, 2.05) is 0 Å². The quantitative estimate of drug-likeness (QED) is 0.898. The topological polar surface area (TPSA) is 83.6 Å². The van der Waals surface area contributed by atoms with Crippen LogP contribution in [-0.4, -0.2) is 21.3 Å². The molecule has 0 aliphatic heterocycles. The summed E-state index contributed by atoms with van der Waals surface area (Å²) in [4.78, 5) is 11.0. The van der Waals surface area contributed by atoms with Gasteiger partial charge in [-0.25, -0.2) is 4.79 Å². The van der Waals surface area contributed by atoms with Crippen molar-refractivity contribution in [3.8, 4) is 5.75 Å². The SMILES string of the molecule is Cc1cc(/C=C/c2cc(C(=O)O)c(Cl)c(O)c2Cl)on1. The maximum absolute atomic E-state index is 11.0. The number of carboxylic acid groups (broad SMARTS) is 1. The van der Waals surface area contributed by atoms with Gasteiger partial charge < -0.3 is 14.7 Å². The lowest BCUT2D eigenvalue weighted by atomic mass is 10.1. The molecule has 1 aromatic carbocycles. The number of carbonyl (C=O) groups is 1. The number of benzene rings is 1. The average Bonchev–Trinajstić information content (AvgIpc) is 2.80. The number of aryl methyl sites for hydroxylation is 1. The summed E-state index contributed by atoms with van der Waals surface area (Å²) in [6.07, 6.45) is 3.06. The molecule has 1 heterocycles. The van der Waals surface area contributed by atoms with Crippen LogP contribution in [-0.2, 0) is 0 Å². The molecule has 0 atom stereocenters. The van der Waals surface area contributed by atoms with Crippen LogP contribution in [0.4, 0.5) is 0 Å². The zero-order valence-electron chi connectivity index (χ0n) is 10.2. The van der Waals surface area contributed by atoms with E-state index in [-0.39, 0.29) is 15.6 Å². The highest BCUT2D eigenvalue weighted by Crippen LogP contribution is 2.38. The Labute approximate surface area is 124 Å². The highest BCUT2D eigenvalue weighted by atomic mass is 35.5. The molecule has 0 radical (unpaired) electrons. The molecule has 0 amide bonds. The van der Waals surface area contributed by atoms with E-state index in [9.17, 15) is 9.90 Å². The fourth-order valence-corrected chi connectivity index (χ4v) is 2.04. The van der Waals surface area contributed by atoms with Gasteiger partial charge in [0.2, 0.25) is 0 Å². The molecule has 0 fully saturated rings. The first-order chi connectivity index (χ1) is 9.40. The fraction of sp³-hybridized carbons (Fsp3) is 0.0769. The molecule has 0 saturated heterocycles. The average molecular weight is 314 g/mol. The Bertz CT molecular complexity index is 707. The number of aromatic carboxylic acids is 1. The van der Waals surface area contributed by atoms with E-state index in [0.29, 0.717) is 17.0 Å². The predicted molar refractivity (Wildman–Crippen MR) is 75.3 cm³/mol. The van der Waals surface area contributed by atoms with Crippen LogP contribution in [0.2, 0.25) is 10.0 Å². The number of nitrogens with zero attached hydrogens (tertiary/aromatic N) is 1. The van der Waals surface area contributed by atoms with Gasteiger partial charge in [0.05, 0.1) is 21.3 Å². The van der Waals surface area contributed by atoms with Gasteiger partial charge in [-0.05, 0) is 30.7 Å². The Kier molecular flexibility index (Phi) is 4.01. The summed E-state index contributed by atoms with van der Waals surface area (Å²) in [5.41, 5.74) is 0.780. The van der Waals surface area contributed by atoms with Gasteiger partial charge in [0.25, 0.3) is 0 Å². The van der Waals surface area contributed by atoms with Gasteiger partial charge in [0.1, 0.15) is 0 Å². The van der Waals surface area contributed by atoms with Crippen molar-refractivity contribution in [1.82, 2.24) is 5.16 Å². The third-order valence-electron chi connectivity index (χ3n) is 2.51. The van der Waals surface area contributed by atoms with Crippen molar-refractivity contribution in [3.05, 3.63) is 44.8 Å². The Morgan fingerprint density at radius 1 is 1.30 bits per heavy atom. The molecule has 0 bridgehead atoms. The van der Waals surface area contributed by atoms with Crippen LogP contribution in [0, 0.1) is 6.92 Å². The number of hydrogen-bond donors (Lipinski definition) is 2. The second-order valence-corrected chi connectivity index (χ2v) is 4.76. The Hall–Kier alpha value is -1.98. The number of aromatic nitrogens is 1. The van der Waals surface area contributed by atoms with Gasteiger partial charge in [0.15, 0.2) is 11.5 Å². The summed E-state index contributed by atoms with van der Waals surface area (Å²) in [5, 5.41) is 22.1. The molecular weight excluding hydrogens is 305 g/mol. The van der Waals surface area contributed by atoms with Crippen molar-refractivity contribution in [3.63, 3.8) is 0 Å². The minimum atomic E-state index is -1.26. The van der Waals surface area contributed by atoms with Crippen molar-refractivity contribution in [2.75, 3.05) is 0 Å². The molecule has 7 heteroatoms. The number of phenols is 1. The molecule has 0 aliphatic rings. The molecular formula is C13H9Cl2NO4. The summed E-state index contributed by atoms with van der Waals surface area (Å²) in [7, 11) is 0. The van der Waals surface area contributed by atoms with E-state index in [0.717, 1.165) is 0 Å². The zero-order valence-corrected chi connectivity index (χ0v) is 11.7. The van der Waals surface area contributed by atoms with Crippen LogP contribution in [0.3, 0.4) is 0 Å². The van der Waals surface area contributed by atoms with Crippen LogP contribution in [0.25, 0.3) is 12.2 Å². The first-order valence-corrected chi connectivity index (χ1v) is 6.21. The Morgan fingerprint density at radius 3 is 2.55 bits per heavy atom. The number of rotatable bonds is 3.